The molecule has 0 saturated carbocycles. The van der Waals surface area contributed by atoms with Crippen LogP contribution in [0.2, 0.25) is 0 Å². The number of methoxy groups -OCH3 is 2. The molecule has 2 aromatic carbocycles. The van der Waals surface area contributed by atoms with Crippen LogP contribution in [-0.2, 0) is 10.0 Å². The number of benzene rings is 2. The van der Waals surface area contributed by atoms with E-state index in [-0.39, 0.29) is 10.9 Å². The number of ether oxygens (including phenoxy) is 2. The van der Waals surface area contributed by atoms with E-state index >= 15 is 0 Å². The van der Waals surface area contributed by atoms with Gasteiger partial charge in [0.15, 0.2) is 11.5 Å². The van der Waals surface area contributed by atoms with Crippen molar-refractivity contribution < 1.29 is 17.9 Å². The van der Waals surface area contributed by atoms with Crippen molar-refractivity contribution in [1.82, 2.24) is 4.31 Å². The van der Waals surface area contributed by atoms with Crippen LogP contribution in [0.1, 0.15) is 24.4 Å². The maximum Gasteiger partial charge on any atom is 0.243 e. The summed E-state index contributed by atoms with van der Waals surface area (Å²) in [6.45, 7) is 0.524. The molecule has 1 unspecified atom stereocenters. The second-order valence-corrected chi connectivity index (χ2v) is 7.59. The summed E-state index contributed by atoms with van der Waals surface area (Å²) < 4.78 is 38.2. The number of hydrogen-bond donors (Lipinski definition) is 0. The number of sulfonamides is 1. The summed E-state index contributed by atoms with van der Waals surface area (Å²) >= 11 is 0. The minimum absolute atomic E-state index is 0.121. The second kappa shape index (κ2) is 6.83. The molecule has 24 heavy (non-hydrogen) atoms. The SMILES string of the molecule is COc1ccc(S(=O)(=O)N2CCCC2c2ccccc2)cc1OC. The first-order valence-corrected chi connectivity index (χ1v) is 9.30. The van der Waals surface area contributed by atoms with E-state index in [0.29, 0.717) is 18.0 Å². The summed E-state index contributed by atoms with van der Waals surface area (Å²) in [6.07, 6.45) is 1.68. The molecule has 0 amide bonds. The molecule has 6 heteroatoms. The van der Waals surface area contributed by atoms with E-state index in [2.05, 4.69) is 0 Å². The van der Waals surface area contributed by atoms with Crippen LogP contribution in [0.4, 0.5) is 0 Å². The highest BCUT2D eigenvalue weighted by molar-refractivity contribution is 7.89. The molecular formula is C18H21NO4S. The van der Waals surface area contributed by atoms with Crippen LogP contribution in [0.15, 0.2) is 53.4 Å². The third-order valence-corrected chi connectivity index (χ3v) is 6.25. The van der Waals surface area contributed by atoms with E-state index in [1.807, 2.05) is 30.3 Å². The first-order chi connectivity index (χ1) is 11.6. The molecule has 0 radical (unpaired) electrons. The quantitative estimate of drug-likeness (QED) is 0.833. The predicted octanol–water partition coefficient (Wildman–Crippen LogP) is 3.23. The Morgan fingerprint density at radius 3 is 2.38 bits per heavy atom. The summed E-state index contributed by atoms with van der Waals surface area (Å²) in [5.41, 5.74) is 1.03. The first kappa shape index (κ1) is 16.8. The Hall–Kier alpha value is -2.05. The van der Waals surface area contributed by atoms with Crippen LogP contribution < -0.4 is 9.47 Å². The molecule has 0 spiro atoms. The average Bonchev–Trinajstić information content (AvgIpc) is 3.12. The van der Waals surface area contributed by atoms with Gasteiger partial charge in [0.25, 0.3) is 0 Å². The first-order valence-electron chi connectivity index (χ1n) is 7.86. The van der Waals surface area contributed by atoms with Gasteiger partial charge in [-0.15, -0.1) is 0 Å². The van der Waals surface area contributed by atoms with E-state index in [4.69, 9.17) is 9.47 Å². The molecule has 5 nitrogen and oxygen atoms in total. The molecule has 0 bridgehead atoms. The summed E-state index contributed by atoms with van der Waals surface area (Å²) in [6, 6.07) is 14.4. The van der Waals surface area contributed by atoms with Crippen molar-refractivity contribution in [3.05, 3.63) is 54.1 Å². The Bertz CT molecular complexity index is 805. The van der Waals surface area contributed by atoms with Gasteiger partial charge in [0, 0.05) is 12.6 Å². The van der Waals surface area contributed by atoms with E-state index in [0.717, 1.165) is 18.4 Å². The number of rotatable bonds is 5. The zero-order valence-corrected chi connectivity index (χ0v) is 14.6. The van der Waals surface area contributed by atoms with Crippen molar-refractivity contribution in [2.24, 2.45) is 0 Å². The summed E-state index contributed by atoms with van der Waals surface area (Å²) in [5, 5.41) is 0. The molecule has 3 rings (SSSR count). The third-order valence-electron chi connectivity index (χ3n) is 4.35. The molecular weight excluding hydrogens is 326 g/mol. The smallest absolute Gasteiger partial charge is 0.243 e. The van der Waals surface area contributed by atoms with Crippen LogP contribution in [0.25, 0.3) is 0 Å². The Labute approximate surface area is 142 Å². The second-order valence-electron chi connectivity index (χ2n) is 5.70. The van der Waals surface area contributed by atoms with Crippen molar-refractivity contribution >= 4 is 10.0 Å². The Morgan fingerprint density at radius 1 is 1.00 bits per heavy atom. The fourth-order valence-corrected chi connectivity index (χ4v) is 4.85. The monoisotopic (exact) mass is 347 g/mol. The molecule has 1 aliphatic heterocycles. The number of hydrogen-bond acceptors (Lipinski definition) is 4. The van der Waals surface area contributed by atoms with E-state index < -0.39 is 10.0 Å². The van der Waals surface area contributed by atoms with Crippen molar-refractivity contribution in [2.45, 2.75) is 23.8 Å². The lowest BCUT2D eigenvalue weighted by molar-refractivity contribution is 0.353. The van der Waals surface area contributed by atoms with Gasteiger partial charge < -0.3 is 9.47 Å². The topological polar surface area (TPSA) is 55.8 Å². The molecule has 1 atom stereocenters. The highest BCUT2D eigenvalue weighted by Crippen LogP contribution is 2.38. The minimum atomic E-state index is -3.60. The van der Waals surface area contributed by atoms with Gasteiger partial charge in [-0.25, -0.2) is 8.42 Å². The van der Waals surface area contributed by atoms with Crippen molar-refractivity contribution in [2.75, 3.05) is 20.8 Å². The van der Waals surface area contributed by atoms with Crippen molar-refractivity contribution in [3.8, 4) is 11.5 Å². The maximum absolute atomic E-state index is 13.1. The molecule has 2 aromatic rings. The molecule has 1 aliphatic rings. The molecule has 1 saturated heterocycles. The van der Waals surface area contributed by atoms with Crippen LogP contribution in [-0.4, -0.2) is 33.5 Å². The van der Waals surface area contributed by atoms with E-state index in [1.54, 1.807) is 16.4 Å². The Kier molecular flexibility index (Phi) is 4.78. The normalized spacial score (nSPS) is 18.5. The lowest BCUT2D eigenvalue weighted by Gasteiger charge is -2.24. The third kappa shape index (κ3) is 2.99. The predicted molar refractivity (Wildman–Crippen MR) is 91.9 cm³/mol. The van der Waals surface area contributed by atoms with Crippen LogP contribution in [0, 0.1) is 0 Å². The number of nitrogens with zero attached hydrogens (tertiary/aromatic N) is 1. The summed E-state index contributed by atoms with van der Waals surface area (Å²) in [7, 11) is -0.573. The molecule has 0 N–H and O–H groups in total. The van der Waals surface area contributed by atoms with Gasteiger partial charge in [-0.3, -0.25) is 0 Å². The fraction of sp³-hybridized carbons (Fsp3) is 0.333. The minimum Gasteiger partial charge on any atom is -0.493 e. The lowest BCUT2D eigenvalue weighted by Crippen LogP contribution is -2.30. The Balaban J connectivity index is 1.98. The van der Waals surface area contributed by atoms with Crippen LogP contribution in [0.5, 0.6) is 11.5 Å². The van der Waals surface area contributed by atoms with Gasteiger partial charge in [0.2, 0.25) is 10.0 Å². The maximum atomic E-state index is 13.1. The summed E-state index contributed by atoms with van der Waals surface area (Å²) in [4.78, 5) is 0.225. The molecule has 0 aliphatic carbocycles. The van der Waals surface area contributed by atoms with Gasteiger partial charge in [-0.05, 0) is 30.5 Å². The zero-order chi connectivity index (χ0) is 17.2. The van der Waals surface area contributed by atoms with Gasteiger partial charge >= 0.3 is 0 Å². The molecule has 128 valence electrons. The van der Waals surface area contributed by atoms with Crippen LogP contribution >= 0.6 is 0 Å². The average molecular weight is 347 g/mol. The largest absolute Gasteiger partial charge is 0.493 e. The Morgan fingerprint density at radius 2 is 1.71 bits per heavy atom. The van der Waals surface area contributed by atoms with Crippen molar-refractivity contribution in [3.63, 3.8) is 0 Å². The highest BCUT2D eigenvalue weighted by Gasteiger charge is 2.36. The van der Waals surface area contributed by atoms with Gasteiger partial charge in [0.1, 0.15) is 0 Å². The standard InChI is InChI=1S/C18H21NO4S/c1-22-17-11-10-15(13-18(17)23-2)24(20,21)19-12-6-9-16(19)14-7-4-3-5-8-14/h3-5,7-8,10-11,13,16H,6,9,12H2,1-2H3. The van der Waals surface area contributed by atoms with E-state index in [1.165, 1.54) is 20.3 Å². The zero-order valence-electron chi connectivity index (χ0n) is 13.8. The lowest BCUT2D eigenvalue weighted by atomic mass is 10.1. The highest BCUT2D eigenvalue weighted by atomic mass is 32.2. The molecule has 1 fully saturated rings. The van der Waals surface area contributed by atoms with Gasteiger partial charge in [0.05, 0.1) is 25.2 Å². The van der Waals surface area contributed by atoms with Gasteiger partial charge in [-0.1, -0.05) is 30.3 Å². The molecule has 1 heterocycles. The summed E-state index contributed by atoms with van der Waals surface area (Å²) in [5.74, 6) is 0.923. The van der Waals surface area contributed by atoms with Crippen molar-refractivity contribution in [1.29, 1.82) is 0 Å². The van der Waals surface area contributed by atoms with Crippen LogP contribution in [0.3, 0.4) is 0 Å². The van der Waals surface area contributed by atoms with Gasteiger partial charge in [-0.2, -0.15) is 4.31 Å². The van der Waals surface area contributed by atoms with E-state index in [9.17, 15) is 8.42 Å². The fourth-order valence-electron chi connectivity index (χ4n) is 3.15. The molecule has 0 aromatic heterocycles.